The number of rotatable bonds is 67. The van der Waals surface area contributed by atoms with E-state index in [1.54, 1.807) is 6.08 Å². The van der Waals surface area contributed by atoms with E-state index >= 15 is 0 Å². The predicted molar refractivity (Wildman–Crippen MR) is 370 cm³/mol. The molecule has 1 saturated heterocycles. The zero-order chi connectivity index (χ0) is 63.7. The number of aliphatic hydroxyl groups excluding tert-OH is 5. The molecule has 0 radical (unpaired) electrons. The van der Waals surface area contributed by atoms with E-state index < -0.39 is 49.5 Å². The van der Waals surface area contributed by atoms with E-state index in [0.29, 0.717) is 19.4 Å². The molecule has 1 fully saturated rings. The predicted octanol–water partition coefficient (Wildman–Crippen LogP) is 19.9. The molecule has 1 heterocycles. The van der Waals surface area contributed by atoms with Gasteiger partial charge in [0.1, 0.15) is 24.4 Å². The Labute approximate surface area is 542 Å². The Morgan fingerprint density at radius 2 is 0.761 bits per heavy atom. The van der Waals surface area contributed by atoms with Crippen molar-refractivity contribution < 1.29 is 49.3 Å². The van der Waals surface area contributed by atoms with E-state index in [2.05, 4.69) is 55.6 Å². The average Bonchev–Trinajstić information content (AvgIpc) is 2.54. The Morgan fingerprint density at radius 3 is 1.18 bits per heavy atom. The SMILES string of the molecule is CCCCC/C=C\CCCCCCCC(=O)OCCCCCCCCCCCCCCCCC/C=C\C/C=C\CCCCCCCCCCCCCCCCCCCC(=O)NC(COC1OC(CO)C(O)C(O)C1O)C(O)/C=C/CCCCCCCCC. The molecule has 7 unspecified atom stereocenters. The van der Waals surface area contributed by atoms with Crippen molar-refractivity contribution in [1.82, 2.24) is 5.32 Å². The van der Waals surface area contributed by atoms with Gasteiger partial charge in [0.25, 0.3) is 0 Å². The summed E-state index contributed by atoms with van der Waals surface area (Å²) in [6.45, 7) is 4.32. The fourth-order valence-corrected chi connectivity index (χ4v) is 11.9. The lowest BCUT2D eigenvalue weighted by molar-refractivity contribution is -0.302. The Morgan fingerprint density at radius 1 is 0.420 bits per heavy atom. The molecule has 0 bridgehead atoms. The fraction of sp³-hybridized carbons (Fsp3) is 0.870. The van der Waals surface area contributed by atoms with Crippen LogP contribution >= 0.6 is 0 Å². The van der Waals surface area contributed by atoms with E-state index in [1.165, 1.54) is 276 Å². The molecule has 1 amide bonds. The van der Waals surface area contributed by atoms with Gasteiger partial charge in [-0.3, -0.25) is 9.59 Å². The molecular weight excluding hydrogens is 1100 g/mol. The molecule has 1 aliphatic heterocycles. The summed E-state index contributed by atoms with van der Waals surface area (Å²) in [4.78, 5) is 25.1. The third kappa shape index (κ3) is 54.2. The van der Waals surface area contributed by atoms with Gasteiger partial charge >= 0.3 is 5.97 Å². The molecule has 0 saturated carbocycles. The van der Waals surface area contributed by atoms with Crippen molar-refractivity contribution in [3.05, 3.63) is 48.6 Å². The van der Waals surface area contributed by atoms with Crippen LogP contribution in [0.3, 0.4) is 0 Å². The lowest BCUT2D eigenvalue weighted by Gasteiger charge is -2.40. The Hall–Kier alpha value is -2.38. The first-order chi connectivity index (χ1) is 43.2. The number of hydrogen-bond acceptors (Lipinski definition) is 10. The van der Waals surface area contributed by atoms with Crippen molar-refractivity contribution in [3.63, 3.8) is 0 Å². The minimum Gasteiger partial charge on any atom is -0.466 e. The van der Waals surface area contributed by atoms with Crippen LogP contribution in [-0.2, 0) is 23.8 Å². The van der Waals surface area contributed by atoms with Crippen LogP contribution < -0.4 is 5.32 Å². The summed E-state index contributed by atoms with van der Waals surface area (Å²) in [6.07, 6.45) is 77.2. The highest BCUT2D eigenvalue weighted by atomic mass is 16.7. The first kappa shape index (κ1) is 83.6. The second kappa shape index (κ2) is 66.1. The van der Waals surface area contributed by atoms with Gasteiger partial charge in [0.05, 0.1) is 32.0 Å². The summed E-state index contributed by atoms with van der Waals surface area (Å²) in [5.74, 6) is -0.175. The van der Waals surface area contributed by atoms with Crippen LogP contribution in [0.2, 0.25) is 0 Å². The largest absolute Gasteiger partial charge is 0.466 e. The van der Waals surface area contributed by atoms with Crippen molar-refractivity contribution in [2.24, 2.45) is 0 Å². The zero-order valence-electron chi connectivity index (χ0n) is 57.4. The zero-order valence-corrected chi connectivity index (χ0v) is 57.4. The van der Waals surface area contributed by atoms with Crippen LogP contribution in [0.15, 0.2) is 48.6 Å². The van der Waals surface area contributed by atoms with Crippen LogP contribution in [0.1, 0.15) is 367 Å². The van der Waals surface area contributed by atoms with Gasteiger partial charge in [-0.1, -0.05) is 313 Å². The lowest BCUT2D eigenvalue weighted by Crippen LogP contribution is -2.60. The van der Waals surface area contributed by atoms with Gasteiger partial charge in [0.2, 0.25) is 5.91 Å². The number of esters is 1. The van der Waals surface area contributed by atoms with Gasteiger partial charge in [0, 0.05) is 12.8 Å². The van der Waals surface area contributed by atoms with Gasteiger partial charge in [-0.05, 0) is 89.9 Å². The Kier molecular flexibility index (Phi) is 62.8. The van der Waals surface area contributed by atoms with Crippen LogP contribution in [0.25, 0.3) is 0 Å². The van der Waals surface area contributed by atoms with E-state index in [4.69, 9.17) is 14.2 Å². The summed E-state index contributed by atoms with van der Waals surface area (Å²) in [7, 11) is 0. The van der Waals surface area contributed by atoms with Crippen molar-refractivity contribution in [1.29, 1.82) is 0 Å². The second-order valence-corrected chi connectivity index (χ2v) is 26.3. The van der Waals surface area contributed by atoms with Crippen LogP contribution in [0, 0.1) is 0 Å². The first-order valence-electron chi connectivity index (χ1n) is 37.9. The monoisotopic (exact) mass is 1240 g/mol. The van der Waals surface area contributed by atoms with Crippen molar-refractivity contribution >= 4 is 11.9 Å². The minimum absolute atomic E-state index is 0.00451. The molecular formula is C77H143NO10. The number of allylic oxidation sites excluding steroid dienone is 7. The highest BCUT2D eigenvalue weighted by Gasteiger charge is 2.44. The summed E-state index contributed by atoms with van der Waals surface area (Å²) in [6, 6.07) is -0.806. The maximum atomic E-state index is 13.0. The topological polar surface area (TPSA) is 175 Å². The Bertz CT molecular complexity index is 1600. The molecule has 0 aromatic rings. The van der Waals surface area contributed by atoms with Gasteiger partial charge in [0.15, 0.2) is 6.29 Å². The number of carbonyl (C=O) groups is 2. The van der Waals surface area contributed by atoms with Crippen molar-refractivity contribution in [3.8, 4) is 0 Å². The molecule has 0 aromatic heterocycles. The van der Waals surface area contributed by atoms with Crippen LogP contribution in [0.4, 0.5) is 0 Å². The molecule has 0 aromatic carbocycles. The molecule has 11 heteroatoms. The fourth-order valence-electron chi connectivity index (χ4n) is 11.9. The molecule has 88 heavy (non-hydrogen) atoms. The quantitative estimate of drug-likeness (QED) is 0.0195. The minimum atomic E-state index is -1.57. The number of amides is 1. The van der Waals surface area contributed by atoms with Gasteiger partial charge in [-0.15, -0.1) is 0 Å². The van der Waals surface area contributed by atoms with Gasteiger partial charge < -0.3 is 45.1 Å². The van der Waals surface area contributed by atoms with Crippen LogP contribution in [0.5, 0.6) is 0 Å². The molecule has 0 aliphatic carbocycles. The molecule has 1 rings (SSSR count). The number of carbonyl (C=O) groups excluding carboxylic acids is 2. The first-order valence-corrected chi connectivity index (χ1v) is 37.9. The molecule has 6 N–H and O–H groups in total. The van der Waals surface area contributed by atoms with E-state index in [9.17, 15) is 35.1 Å². The van der Waals surface area contributed by atoms with Gasteiger partial charge in [-0.2, -0.15) is 0 Å². The number of hydrogen-bond donors (Lipinski definition) is 6. The number of ether oxygens (including phenoxy) is 3. The third-order valence-corrected chi connectivity index (χ3v) is 17.9. The summed E-state index contributed by atoms with van der Waals surface area (Å²) < 4.78 is 16.7. The smallest absolute Gasteiger partial charge is 0.305 e. The number of unbranched alkanes of at least 4 members (excludes halogenated alkanes) is 47. The molecule has 516 valence electrons. The summed E-state index contributed by atoms with van der Waals surface area (Å²) in [5.41, 5.74) is 0. The normalized spacial score (nSPS) is 18.0. The van der Waals surface area contributed by atoms with Crippen LogP contribution in [-0.4, -0.2) is 100 Å². The molecule has 11 nitrogen and oxygen atoms in total. The molecule has 7 atom stereocenters. The third-order valence-electron chi connectivity index (χ3n) is 17.9. The standard InChI is InChI=1S/C77H143NO10/c1-3-5-7-9-11-13-14-45-49-53-57-61-65-73(82)86-66-62-58-54-50-46-43-41-39-37-35-33-31-29-27-25-23-21-19-17-15-16-18-20-22-24-26-28-30-32-34-36-38-40-42-44-48-52-56-60-64-72(81)78-69(70(80)63-59-55-51-47-12-10-8-6-4-2)68-87-77-76(85)75(84)74(83)71(67-79)88-77/h11,13,15-16,19,21,59,63,69-71,74-77,79-80,83-85H,3-10,12,14,17-18,20,22-58,60-62,64-68H2,1-2H3,(H,78,81)/b13-11-,16-15-,21-19-,63-59+. The van der Waals surface area contributed by atoms with E-state index in [-0.39, 0.29) is 18.5 Å². The average molecular weight is 1240 g/mol. The van der Waals surface area contributed by atoms with E-state index in [1.807, 2.05) is 6.08 Å². The highest BCUT2D eigenvalue weighted by Crippen LogP contribution is 2.23. The maximum absolute atomic E-state index is 13.0. The van der Waals surface area contributed by atoms with E-state index in [0.717, 1.165) is 64.2 Å². The highest BCUT2D eigenvalue weighted by molar-refractivity contribution is 5.76. The summed E-state index contributed by atoms with van der Waals surface area (Å²) >= 11 is 0. The number of aliphatic hydroxyl groups is 5. The summed E-state index contributed by atoms with van der Waals surface area (Å²) in [5, 5.41) is 54.3. The maximum Gasteiger partial charge on any atom is 0.305 e. The number of nitrogens with one attached hydrogen (secondary N) is 1. The van der Waals surface area contributed by atoms with Crippen molar-refractivity contribution in [2.45, 2.75) is 410 Å². The lowest BCUT2D eigenvalue weighted by atomic mass is 9.99. The van der Waals surface area contributed by atoms with Gasteiger partial charge in [-0.25, -0.2) is 0 Å². The molecule has 1 aliphatic rings. The second-order valence-electron chi connectivity index (χ2n) is 26.3. The Balaban J connectivity index is 1.88. The van der Waals surface area contributed by atoms with Crippen molar-refractivity contribution in [2.75, 3.05) is 19.8 Å². The molecule has 0 spiro atoms.